The number of nitrogens with one attached hydrogen (secondary N) is 2. The van der Waals surface area contributed by atoms with E-state index in [2.05, 4.69) is 15.3 Å². The van der Waals surface area contributed by atoms with Gasteiger partial charge in [-0.25, -0.2) is 18.2 Å². The van der Waals surface area contributed by atoms with Crippen LogP contribution in [0.2, 0.25) is 0 Å². The van der Waals surface area contributed by atoms with Crippen molar-refractivity contribution < 1.29 is 18.0 Å². The first kappa shape index (κ1) is 19.6. The van der Waals surface area contributed by atoms with Crippen molar-refractivity contribution in [2.75, 3.05) is 12.4 Å². The summed E-state index contributed by atoms with van der Waals surface area (Å²) in [6.07, 6.45) is 0. The SMILES string of the molecule is C[C@H](C(=O)Nc1ccc(F)c(F)c1F)N(C)Cc1nc2ccccc2c(=O)[nH]1. The number of carbonyl (C=O) groups excluding carboxylic acids is 1. The summed E-state index contributed by atoms with van der Waals surface area (Å²) in [7, 11) is 1.61. The lowest BCUT2D eigenvalue weighted by molar-refractivity contribution is -0.120. The molecule has 1 heterocycles. The second-order valence-electron chi connectivity index (χ2n) is 6.33. The van der Waals surface area contributed by atoms with E-state index in [4.69, 9.17) is 0 Å². The van der Waals surface area contributed by atoms with Crippen molar-refractivity contribution in [1.29, 1.82) is 0 Å². The summed E-state index contributed by atoms with van der Waals surface area (Å²) >= 11 is 0. The van der Waals surface area contributed by atoms with Crippen LogP contribution in [0.4, 0.5) is 18.9 Å². The van der Waals surface area contributed by atoms with E-state index >= 15 is 0 Å². The molecule has 2 N–H and O–H groups in total. The van der Waals surface area contributed by atoms with Crippen molar-refractivity contribution in [2.45, 2.75) is 19.5 Å². The lowest BCUT2D eigenvalue weighted by atomic mass is 10.2. The minimum absolute atomic E-state index is 0.134. The molecule has 0 bridgehead atoms. The number of hydrogen-bond donors (Lipinski definition) is 2. The van der Waals surface area contributed by atoms with Gasteiger partial charge < -0.3 is 10.3 Å². The van der Waals surface area contributed by atoms with Crippen LogP contribution in [-0.2, 0) is 11.3 Å². The third kappa shape index (κ3) is 3.89. The highest BCUT2D eigenvalue weighted by molar-refractivity contribution is 5.94. The van der Waals surface area contributed by atoms with Crippen LogP contribution in [0.5, 0.6) is 0 Å². The van der Waals surface area contributed by atoms with Crippen LogP contribution in [0.3, 0.4) is 0 Å². The van der Waals surface area contributed by atoms with Gasteiger partial charge in [0, 0.05) is 0 Å². The van der Waals surface area contributed by atoms with E-state index in [-0.39, 0.29) is 12.1 Å². The zero-order chi connectivity index (χ0) is 20.4. The number of carbonyl (C=O) groups is 1. The molecule has 0 radical (unpaired) electrons. The molecule has 1 aromatic heterocycles. The Morgan fingerprint density at radius 1 is 1.18 bits per heavy atom. The summed E-state index contributed by atoms with van der Waals surface area (Å²) < 4.78 is 40.0. The minimum atomic E-state index is -1.66. The first-order chi connectivity index (χ1) is 13.3. The minimum Gasteiger partial charge on any atom is -0.322 e. The van der Waals surface area contributed by atoms with Gasteiger partial charge in [0.05, 0.1) is 29.2 Å². The van der Waals surface area contributed by atoms with E-state index < -0.39 is 35.1 Å². The molecule has 0 saturated heterocycles. The number of benzene rings is 2. The van der Waals surface area contributed by atoms with Crippen LogP contribution < -0.4 is 10.9 Å². The van der Waals surface area contributed by atoms with Crippen molar-refractivity contribution in [3.8, 4) is 0 Å². The molecule has 0 aliphatic heterocycles. The molecule has 6 nitrogen and oxygen atoms in total. The molecule has 146 valence electrons. The number of aromatic amines is 1. The van der Waals surface area contributed by atoms with Gasteiger partial charge in [-0.15, -0.1) is 0 Å². The number of anilines is 1. The number of rotatable bonds is 5. The van der Waals surface area contributed by atoms with Crippen LogP contribution in [-0.4, -0.2) is 33.9 Å². The molecule has 0 aliphatic rings. The lowest BCUT2D eigenvalue weighted by Crippen LogP contribution is -2.40. The Morgan fingerprint density at radius 2 is 1.89 bits per heavy atom. The number of aromatic nitrogens is 2. The monoisotopic (exact) mass is 390 g/mol. The van der Waals surface area contributed by atoms with Gasteiger partial charge in [0.2, 0.25) is 5.91 Å². The van der Waals surface area contributed by atoms with Crippen LogP contribution in [0.25, 0.3) is 10.9 Å². The number of H-pyrrole nitrogens is 1. The molecule has 0 fully saturated rings. The molecule has 9 heteroatoms. The zero-order valence-electron chi connectivity index (χ0n) is 15.1. The van der Waals surface area contributed by atoms with Crippen LogP contribution in [0.15, 0.2) is 41.2 Å². The molecular weight excluding hydrogens is 373 g/mol. The van der Waals surface area contributed by atoms with Crippen molar-refractivity contribution in [3.05, 3.63) is 70.0 Å². The van der Waals surface area contributed by atoms with Gasteiger partial charge in [-0.1, -0.05) is 12.1 Å². The summed E-state index contributed by atoms with van der Waals surface area (Å²) in [4.78, 5) is 33.0. The second-order valence-corrected chi connectivity index (χ2v) is 6.33. The number of amides is 1. The molecule has 0 unspecified atom stereocenters. The van der Waals surface area contributed by atoms with E-state index in [0.717, 1.165) is 12.1 Å². The summed E-state index contributed by atoms with van der Waals surface area (Å²) in [5.74, 6) is -4.74. The quantitative estimate of drug-likeness (QED) is 0.657. The van der Waals surface area contributed by atoms with Gasteiger partial charge in [0.25, 0.3) is 5.56 Å². The number of hydrogen-bond acceptors (Lipinski definition) is 4. The van der Waals surface area contributed by atoms with Crippen LogP contribution in [0, 0.1) is 17.5 Å². The van der Waals surface area contributed by atoms with Gasteiger partial charge in [0.1, 0.15) is 5.82 Å². The van der Waals surface area contributed by atoms with Crippen molar-refractivity contribution in [2.24, 2.45) is 0 Å². The maximum absolute atomic E-state index is 13.7. The Bertz CT molecular complexity index is 1100. The number of para-hydroxylation sites is 1. The van der Waals surface area contributed by atoms with Crippen molar-refractivity contribution >= 4 is 22.5 Å². The molecule has 2 aromatic carbocycles. The lowest BCUT2D eigenvalue weighted by Gasteiger charge is -2.23. The number of nitrogens with zero attached hydrogens (tertiary/aromatic N) is 2. The maximum Gasteiger partial charge on any atom is 0.258 e. The highest BCUT2D eigenvalue weighted by Gasteiger charge is 2.22. The first-order valence-electron chi connectivity index (χ1n) is 8.40. The summed E-state index contributed by atoms with van der Waals surface area (Å²) in [5, 5.41) is 2.68. The Morgan fingerprint density at radius 3 is 2.64 bits per heavy atom. The van der Waals surface area contributed by atoms with E-state index in [1.165, 1.54) is 0 Å². The molecule has 0 saturated carbocycles. The van der Waals surface area contributed by atoms with Gasteiger partial charge in [-0.2, -0.15) is 0 Å². The Hall–Kier alpha value is -3.20. The molecule has 1 amide bonds. The van der Waals surface area contributed by atoms with Crippen LogP contribution >= 0.6 is 0 Å². The van der Waals surface area contributed by atoms with Crippen molar-refractivity contribution in [3.63, 3.8) is 0 Å². The fourth-order valence-electron chi connectivity index (χ4n) is 2.64. The normalized spacial score (nSPS) is 12.4. The largest absolute Gasteiger partial charge is 0.322 e. The van der Waals surface area contributed by atoms with Gasteiger partial charge in [-0.3, -0.25) is 14.5 Å². The predicted octanol–water partition coefficient (Wildman–Crippen LogP) is 2.80. The molecule has 0 spiro atoms. The predicted molar refractivity (Wildman–Crippen MR) is 98.2 cm³/mol. The highest BCUT2D eigenvalue weighted by Crippen LogP contribution is 2.20. The van der Waals surface area contributed by atoms with E-state index in [0.29, 0.717) is 16.7 Å². The van der Waals surface area contributed by atoms with Gasteiger partial charge >= 0.3 is 0 Å². The first-order valence-corrected chi connectivity index (χ1v) is 8.40. The standard InChI is InChI=1S/C19H17F3N4O2/c1-10(18(27)24-14-8-7-12(20)16(21)17(14)22)26(2)9-15-23-13-6-4-3-5-11(13)19(28)25-15/h3-8,10H,9H2,1-2H3,(H,24,27)(H,23,25,28)/t10-/m1/s1. The fourth-order valence-corrected chi connectivity index (χ4v) is 2.64. The maximum atomic E-state index is 13.7. The smallest absolute Gasteiger partial charge is 0.258 e. The molecule has 3 aromatic rings. The van der Waals surface area contributed by atoms with Crippen LogP contribution in [0.1, 0.15) is 12.7 Å². The summed E-state index contributed by atoms with van der Waals surface area (Å²) in [6.45, 7) is 1.68. The van der Waals surface area contributed by atoms with Crippen molar-refractivity contribution in [1.82, 2.24) is 14.9 Å². The third-order valence-electron chi connectivity index (χ3n) is 4.39. The second kappa shape index (κ2) is 7.81. The third-order valence-corrected chi connectivity index (χ3v) is 4.39. The number of fused-ring (bicyclic) bond motifs is 1. The molecule has 28 heavy (non-hydrogen) atoms. The van der Waals surface area contributed by atoms with Gasteiger partial charge in [-0.05, 0) is 38.2 Å². The highest BCUT2D eigenvalue weighted by atomic mass is 19.2. The number of halogens is 3. The summed E-state index contributed by atoms with van der Waals surface area (Å²) in [5.41, 5.74) is -0.230. The Labute approximate surface area is 158 Å². The molecule has 3 rings (SSSR count). The van der Waals surface area contributed by atoms with E-state index in [1.54, 1.807) is 43.1 Å². The van der Waals surface area contributed by atoms with E-state index in [9.17, 15) is 22.8 Å². The Kier molecular flexibility index (Phi) is 5.46. The van der Waals surface area contributed by atoms with Gasteiger partial charge in [0.15, 0.2) is 17.5 Å². The molecule has 0 aliphatic carbocycles. The molecular formula is C19H17F3N4O2. The number of likely N-dealkylation sites (N-methyl/N-ethyl adjacent to an activating group) is 1. The Balaban J connectivity index is 1.74. The topological polar surface area (TPSA) is 78.1 Å². The van der Waals surface area contributed by atoms with E-state index in [1.807, 2.05) is 0 Å². The zero-order valence-corrected chi connectivity index (χ0v) is 15.1. The average molecular weight is 390 g/mol. The summed E-state index contributed by atoms with van der Waals surface area (Å²) in [6, 6.07) is 7.75. The molecule has 1 atom stereocenters. The fraction of sp³-hybridized carbons (Fsp3) is 0.211. The average Bonchev–Trinajstić information content (AvgIpc) is 2.67.